The highest BCUT2D eigenvalue weighted by Gasteiger charge is 2.25. The zero-order valence-electron chi connectivity index (χ0n) is 14.0. The molecule has 3 aromatic rings. The maximum absolute atomic E-state index is 13.1. The van der Waals surface area contributed by atoms with Gasteiger partial charge in [0.05, 0.1) is 4.90 Å². The molecule has 159 valence electrons. The molecule has 0 bridgehead atoms. The molecule has 0 saturated heterocycles. The van der Waals surface area contributed by atoms with E-state index in [9.17, 15) is 43.3 Å². The Bertz CT molecular complexity index is 1510. The molecule has 0 aliphatic heterocycles. The first-order chi connectivity index (χ1) is 13.7. The van der Waals surface area contributed by atoms with E-state index in [1.54, 1.807) is 0 Å². The van der Waals surface area contributed by atoms with Crippen LogP contribution in [-0.2, 0) is 30.4 Å². The van der Waals surface area contributed by atoms with E-state index in [4.69, 9.17) is 0 Å². The number of anilines is 2. The van der Waals surface area contributed by atoms with Crippen LogP contribution in [0.1, 0.15) is 0 Å². The quantitative estimate of drug-likeness (QED) is 0.366. The van der Waals surface area contributed by atoms with Crippen LogP contribution < -0.4 is 5.32 Å². The van der Waals surface area contributed by atoms with Crippen molar-refractivity contribution >= 4 is 52.8 Å². The minimum Gasteiger partial charge on any atom is -0.324 e. The predicted molar refractivity (Wildman–Crippen MR) is 95.3 cm³/mol. The number of halogens is 1. The van der Waals surface area contributed by atoms with Crippen LogP contribution in [0.4, 0.5) is 16.0 Å². The summed E-state index contributed by atoms with van der Waals surface area (Å²) in [6.45, 7) is 0. The molecule has 4 N–H and O–H groups in total. The molecular formula is C13H8FN4O9S3. The van der Waals surface area contributed by atoms with Gasteiger partial charge in [-0.2, -0.15) is 44.6 Å². The van der Waals surface area contributed by atoms with Gasteiger partial charge in [0.1, 0.15) is 9.79 Å². The van der Waals surface area contributed by atoms with Crippen molar-refractivity contribution in [2.75, 3.05) is 5.32 Å². The fraction of sp³-hybridized carbons (Fsp3) is 0. The van der Waals surface area contributed by atoms with Crippen LogP contribution in [0.3, 0.4) is 0 Å². The summed E-state index contributed by atoms with van der Waals surface area (Å²) < 4.78 is 111. The van der Waals surface area contributed by atoms with Crippen molar-refractivity contribution in [2.24, 2.45) is 0 Å². The fourth-order valence-electron chi connectivity index (χ4n) is 2.45. The highest BCUT2D eigenvalue weighted by Crippen LogP contribution is 2.35. The van der Waals surface area contributed by atoms with Gasteiger partial charge in [0, 0.05) is 16.5 Å². The minimum absolute atomic E-state index is 0.307. The Morgan fingerprint density at radius 2 is 1.37 bits per heavy atom. The van der Waals surface area contributed by atoms with Crippen molar-refractivity contribution in [3.8, 4) is 0 Å². The average Bonchev–Trinajstić information content (AvgIpc) is 2.57. The van der Waals surface area contributed by atoms with Gasteiger partial charge in [-0.05, 0) is 24.3 Å². The summed E-state index contributed by atoms with van der Waals surface area (Å²) in [6, 6.07) is 2.59. The summed E-state index contributed by atoms with van der Waals surface area (Å²) in [5.74, 6) is -0.480. The topological polar surface area (TPSA) is 214 Å². The van der Waals surface area contributed by atoms with Crippen molar-refractivity contribution < 1.29 is 43.3 Å². The van der Waals surface area contributed by atoms with Crippen molar-refractivity contribution in [1.29, 1.82) is 0 Å². The molecule has 0 amide bonds. The lowest BCUT2D eigenvalue weighted by molar-refractivity contribution is 0.478. The molecule has 0 spiro atoms. The van der Waals surface area contributed by atoms with E-state index >= 15 is 0 Å². The maximum atomic E-state index is 13.1. The summed E-state index contributed by atoms with van der Waals surface area (Å²) in [7, 11) is -15.3. The molecule has 0 aliphatic carbocycles. The van der Waals surface area contributed by atoms with Crippen molar-refractivity contribution in [3.63, 3.8) is 0 Å². The highest BCUT2D eigenvalue weighted by atomic mass is 32.2. The Kier molecular flexibility index (Phi) is 5.21. The molecular weight excluding hydrogens is 471 g/mol. The molecule has 1 aromatic heterocycles. The molecule has 0 fully saturated rings. The zero-order chi connectivity index (χ0) is 22.5. The predicted octanol–water partition coefficient (Wildman–Crippen LogP) is 0.448. The van der Waals surface area contributed by atoms with E-state index in [0.29, 0.717) is 12.1 Å². The second-order valence-corrected chi connectivity index (χ2v) is 9.77. The molecule has 3 rings (SSSR count). The normalized spacial score (nSPS) is 12.8. The van der Waals surface area contributed by atoms with E-state index in [1.165, 1.54) is 0 Å². The van der Waals surface area contributed by atoms with E-state index in [1.807, 2.05) is 6.33 Å². The first-order valence-electron chi connectivity index (χ1n) is 7.25. The molecule has 1 radical (unpaired) electrons. The third-order valence-electron chi connectivity index (χ3n) is 3.57. The molecule has 13 nitrogen and oxygen atoms in total. The van der Waals surface area contributed by atoms with Crippen LogP contribution in [0.25, 0.3) is 10.8 Å². The molecule has 0 atom stereocenters. The summed E-state index contributed by atoms with van der Waals surface area (Å²) >= 11 is 0. The van der Waals surface area contributed by atoms with Crippen LogP contribution in [0.15, 0.2) is 39.0 Å². The lowest BCUT2D eigenvalue weighted by atomic mass is 10.1. The van der Waals surface area contributed by atoms with Crippen LogP contribution in [-0.4, -0.2) is 53.9 Å². The number of aromatic nitrogens is 3. The van der Waals surface area contributed by atoms with Crippen molar-refractivity contribution in [3.05, 3.63) is 36.7 Å². The summed E-state index contributed by atoms with van der Waals surface area (Å²) in [5.41, 5.74) is -0.307. The monoisotopic (exact) mass is 479 g/mol. The molecule has 0 unspecified atom stereocenters. The zero-order valence-corrected chi connectivity index (χ0v) is 16.5. The van der Waals surface area contributed by atoms with E-state index < -0.39 is 67.8 Å². The van der Waals surface area contributed by atoms with Gasteiger partial charge in [-0.3, -0.25) is 13.7 Å². The molecule has 2 aromatic carbocycles. The molecule has 17 heteroatoms. The van der Waals surface area contributed by atoms with Crippen molar-refractivity contribution in [2.45, 2.75) is 14.7 Å². The fourth-order valence-corrected chi connectivity index (χ4v) is 4.51. The number of fused-ring (bicyclic) bond motifs is 1. The molecule has 1 heterocycles. The second-order valence-electron chi connectivity index (χ2n) is 5.57. The Morgan fingerprint density at radius 3 is 1.90 bits per heavy atom. The van der Waals surface area contributed by atoms with Crippen LogP contribution in [0, 0.1) is 12.4 Å². The van der Waals surface area contributed by atoms with E-state index in [2.05, 4.69) is 20.3 Å². The largest absolute Gasteiger partial charge is 0.324 e. The Hall–Kier alpha value is -2.83. The minimum atomic E-state index is -5.16. The second kappa shape index (κ2) is 7.15. The molecule has 0 saturated carbocycles. The summed E-state index contributed by atoms with van der Waals surface area (Å²) in [4.78, 5) is 6.48. The summed E-state index contributed by atoms with van der Waals surface area (Å²) in [5, 5.41) is 1.08. The standard InChI is InChI=1S/C13H8FN4O9S3/c14-12-15-5-16-13(18-12)17-6-1-8-9(10(2-6)29(22,23)24)3-7(28(19,20)21)4-11(8)30(25,26)27/h1-4H,(H,19,20,21)(H,22,23,24)(H,25,26,27)(H,15,16,17,18). The number of benzene rings is 2. The van der Waals surface area contributed by atoms with Gasteiger partial charge in [0.15, 0.2) is 0 Å². The third-order valence-corrected chi connectivity index (χ3v) is 6.19. The Morgan fingerprint density at radius 1 is 0.800 bits per heavy atom. The van der Waals surface area contributed by atoms with Gasteiger partial charge < -0.3 is 5.32 Å². The van der Waals surface area contributed by atoms with Crippen LogP contribution in [0.2, 0.25) is 0 Å². The Balaban J connectivity index is 2.44. The molecule has 0 aliphatic rings. The van der Waals surface area contributed by atoms with Crippen LogP contribution >= 0.6 is 0 Å². The number of nitrogens with one attached hydrogen (secondary N) is 1. The van der Waals surface area contributed by atoms with Gasteiger partial charge in [0.2, 0.25) is 12.3 Å². The molecule has 30 heavy (non-hydrogen) atoms. The van der Waals surface area contributed by atoms with Gasteiger partial charge in [-0.15, -0.1) is 0 Å². The number of hydrogen-bond donors (Lipinski definition) is 4. The van der Waals surface area contributed by atoms with E-state index in [0.717, 1.165) is 12.1 Å². The first-order valence-corrected chi connectivity index (χ1v) is 11.6. The van der Waals surface area contributed by atoms with Gasteiger partial charge in [-0.1, -0.05) is 0 Å². The first kappa shape index (κ1) is 21.9. The van der Waals surface area contributed by atoms with Crippen LogP contribution in [0.5, 0.6) is 0 Å². The highest BCUT2D eigenvalue weighted by molar-refractivity contribution is 7.87. The van der Waals surface area contributed by atoms with Gasteiger partial charge >= 0.3 is 6.08 Å². The lowest BCUT2D eigenvalue weighted by Gasteiger charge is -2.13. The summed E-state index contributed by atoms with van der Waals surface area (Å²) in [6.07, 6.45) is 0.643. The smallest absolute Gasteiger partial charge is 0.314 e. The lowest BCUT2D eigenvalue weighted by Crippen LogP contribution is -2.08. The Labute approximate surface area is 167 Å². The number of rotatable bonds is 5. The maximum Gasteiger partial charge on any atom is 0.314 e. The number of hydrogen-bond acceptors (Lipinski definition) is 10. The third kappa shape index (κ3) is 4.50. The number of nitrogens with zero attached hydrogens (tertiary/aromatic N) is 3. The van der Waals surface area contributed by atoms with Gasteiger partial charge in [-0.25, -0.2) is 0 Å². The van der Waals surface area contributed by atoms with E-state index in [-0.39, 0.29) is 5.69 Å². The average molecular weight is 479 g/mol. The van der Waals surface area contributed by atoms with Gasteiger partial charge in [0.25, 0.3) is 30.4 Å². The SMILES string of the molecule is O=S(=O)(O)c1cc(S(=O)(=O)O)c2cc(Nc3n[c]nc(F)n3)cc(S(=O)(=O)O)c2c1. The van der Waals surface area contributed by atoms with Crippen molar-refractivity contribution in [1.82, 2.24) is 15.0 Å².